The van der Waals surface area contributed by atoms with Crippen molar-refractivity contribution in [2.24, 2.45) is 0 Å². The van der Waals surface area contributed by atoms with Crippen LogP contribution in [0.2, 0.25) is 0 Å². The first-order chi connectivity index (χ1) is 11.2. The molecule has 0 spiro atoms. The normalized spacial score (nSPS) is 14.9. The Morgan fingerprint density at radius 1 is 1.13 bits per heavy atom. The Kier molecular flexibility index (Phi) is 3.54. The van der Waals surface area contributed by atoms with Gasteiger partial charge in [0.25, 0.3) is 0 Å². The lowest BCUT2D eigenvalue weighted by Crippen LogP contribution is -2.33. The first-order valence-electron chi connectivity index (χ1n) is 8.07. The van der Waals surface area contributed by atoms with Crippen molar-refractivity contribution in [3.8, 4) is 11.5 Å². The maximum atomic E-state index is 5.52. The van der Waals surface area contributed by atoms with E-state index in [9.17, 15) is 0 Å². The van der Waals surface area contributed by atoms with E-state index in [-0.39, 0.29) is 0 Å². The number of nitrogens with zero attached hydrogens (tertiary/aromatic N) is 3. The van der Waals surface area contributed by atoms with Crippen molar-refractivity contribution in [1.29, 1.82) is 0 Å². The van der Waals surface area contributed by atoms with E-state index in [1.54, 1.807) is 6.26 Å². The van der Waals surface area contributed by atoms with Gasteiger partial charge in [-0.2, -0.15) is 0 Å². The number of aryl methyl sites for hydroxylation is 2. The predicted molar refractivity (Wildman–Crippen MR) is 90.0 cm³/mol. The summed E-state index contributed by atoms with van der Waals surface area (Å²) in [5.41, 5.74) is 5.13. The molecule has 4 rings (SSSR count). The molecule has 3 heterocycles. The van der Waals surface area contributed by atoms with Crippen LogP contribution < -0.4 is 0 Å². The second kappa shape index (κ2) is 5.70. The molecule has 0 amide bonds. The molecule has 0 atom stereocenters. The van der Waals surface area contributed by atoms with Gasteiger partial charge in [0.15, 0.2) is 5.76 Å². The Hall–Kier alpha value is -2.33. The summed E-state index contributed by atoms with van der Waals surface area (Å²) in [6.07, 6.45) is 3.64. The van der Waals surface area contributed by atoms with Gasteiger partial charge in [-0.15, -0.1) is 0 Å². The van der Waals surface area contributed by atoms with E-state index in [1.165, 1.54) is 16.7 Å². The smallest absolute Gasteiger partial charge is 0.151 e. The third-order valence-electron chi connectivity index (χ3n) is 4.40. The number of fused-ring (bicyclic) bond motifs is 1. The fourth-order valence-corrected chi connectivity index (χ4v) is 3.48. The van der Waals surface area contributed by atoms with Crippen molar-refractivity contribution in [2.75, 3.05) is 6.54 Å². The number of furan rings is 1. The average molecular weight is 307 g/mol. The van der Waals surface area contributed by atoms with Crippen LogP contribution in [0, 0.1) is 13.8 Å². The van der Waals surface area contributed by atoms with Crippen molar-refractivity contribution >= 4 is 0 Å². The Labute approximate surface area is 136 Å². The van der Waals surface area contributed by atoms with Crippen LogP contribution in [0.5, 0.6) is 0 Å². The molecule has 1 aliphatic heterocycles. The first kappa shape index (κ1) is 14.3. The average Bonchev–Trinajstić information content (AvgIpc) is 3.14. The molecule has 0 aliphatic carbocycles. The molecule has 0 radical (unpaired) electrons. The summed E-state index contributed by atoms with van der Waals surface area (Å²) in [6, 6.07) is 10.7. The second-order valence-corrected chi connectivity index (χ2v) is 6.40. The molecule has 3 aromatic rings. The zero-order valence-electron chi connectivity index (χ0n) is 13.6. The number of hydrogen-bond donors (Lipinski definition) is 0. The van der Waals surface area contributed by atoms with Gasteiger partial charge in [0.2, 0.25) is 0 Å². The van der Waals surface area contributed by atoms with Crippen molar-refractivity contribution in [2.45, 2.75) is 33.5 Å². The van der Waals surface area contributed by atoms with Crippen molar-refractivity contribution in [3.05, 3.63) is 65.3 Å². The molecule has 23 heavy (non-hydrogen) atoms. The van der Waals surface area contributed by atoms with E-state index in [2.05, 4.69) is 46.5 Å². The predicted octanol–water partition coefficient (Wildman–Crippen LogP) is 3.78. The molecule has 0 saturated heterocycles. The maximum Gasteiger partial charge on any atom is 0.151 e. The highest BCUT2D eigenvalue weighted by Crippen LogP contribution is 2.25. The van der Waals surface area contributed by atoms with Crippen LogP contribution in [0.25, 0.3) is 11.5 Å². The number of imidazole rings is 1. The van der Waals surface area contributed by atoms with Gasteiger partial charge in [-0.3, -0.25) is 4.90 Å². The Morgan fingerprint density at radius 2 is 1.96 bits per heavy atom. The van der Waals surface area contributed by atoms with Crippen molar-refractivity contribution < 1.29 is 4.42 Å². The number of benzene rings is 1. The Morgan fingerprint density at radius 3 is 2.70 bits per heavy atom. The standard InChI is InChI=1S/C19H21N3O/c1-14-8-15(2)10-16(9-14)12-21-5-6-22-17(11-20-19(22)13-21)18-4-3-7-23-18/h3-4,7-11H,5-6,12-13H2,1-2H3. The van der Waals surface area contributed by atoms with Crippen molar-refractivity contribution in [3.63, 3.8) is 0 Å². The van der Waals surface area contributed by atoms with Crippen LogP contribution in [0.15, 0.2) is 47.2 Å². The lowest BCUT2D eigenvalue weighted by atomic mass is 10.1. The topological polar surface area (TPSA) is 34.2 Å². The summed E-state index contributed by atoms with van der Waals surface area (Å²) < 4.78 is 7.79. The fraction of sp³-hybridized carbons (Fsp3) is 0.316. The number of hydrogen-bond acceptors (Lipinski definition) is 3. The highest BCUT2D eigenvalue weighted by atomic mass is 16.3. The van der Waals surface area contributed by atoms with Crippen LogP contribution in [0.3, 0.4) is 0 Å². The zero-order chi connectivity index (χ0) is 15.8. The van der Waals surface area contributed by atoms with E-state index in [0.29, 0.717) is 0 Å². The molecule has 4 heteroatoms. The monoisotopic (exact) mass is 307 g/mol. The highest BCUT2D eigenvalue weighted by molar-refractivity contribution is 5.52. The van der Waals surface area contributed by atoms with Gasteiger partial charge in [-0.05, 0) is 31.5 Å². The summed E-state index contributed by atoms with van der Waals surface area (Å²) in [6.45, 7) is 8.17. The maximum absolute atomic E-state index is 5.52. The van der Waals surface area contributed by atoms with Crippen LogP contribution >= 0.6 is 0 Å². The molecule has 2 aromatic heterocycles. The van der Waals surface area contributed by atoms with Crippen LogP contribution in [-0.4, -0.2) is 21.0 Å². The fourth-order valence-electron chi connectivity index (χ4n) is 3.48. The largest absolute Gasteiger partial charge is 0.463 e. The van der Waals surface area contributed by atoms with Gasteiger partial charge < -0.3 is 8.98 Å². The van der Waals surface area contributed by atoms with Gasteiger partial charge in [0.1, 0.15) is 11.5 Å². The van der Waals surface area contributed by atoms with E-state index < -0.39 is 0 Å². The number of aromatic nitrogens is 2. The van der Waals surface area contributed by atoms with Gasteiger partial charge in [-0.1, -0.05) is 29.3 Å². The van der Waals surface area contributed by atoms with E-state index in [0.717, 1.165) is 43.5 Å². The quantitative estimate of drug-likeness (QED) is 0.738. The molecule has 118 valence electrons. The van der Waals surface area contributed by atoms with Crippen LogP contribution in [0.1, 0.15) is 22.5 Å². The molecule has 0 unspecified atom stereocenters. The summed E-state index contributed by atoms with van der Waals surface area (Å²) in [5, 5.41) is 0. The minimum atomic E-state index is 0.883. The molecule has 1 aromatic carbocycles. The highest BCUT2D eigenvalue weighted by Gasteiger charge is 2.21. The lowest BCUT2D eigenvalue weighted by Gasteiger charge is -2.28. The third kappa shape index (κ3) is 2.82. The van der Waals surface area contributed by atoms with Gasteiger partial charge in [0.05, 0.1) is 19.0 Å². The summed E-state index contributed by atoms with van der Waals surface area (Å²) >= 11 is 0. The van der Waals surface area contributed by atoms with Crippen molar-refractivity contribution in [1.82, 2.24) is 14.5 Å². The van der Waals surface area contributed by atoms with E-state index >= 15 is 0 Å². The lowest BCUT2D eigenvalue weighted by molar-refractivity contribution is 0.209. The molecule has 4 nitrogen and oxygen atoms in total. The minimum absolute atomic E-state index is 0.883. The van der Waals surface area contributed by atoms with Crippen LogP contribution in [-0.2, 0) is 19.6 Å². The molecular formula is C19H21N3O. The SMILES string of the molecule is Cc1cc(C)cc(CN2CCn3c(-c4ccco4)cnc3C2)c1. The molecule has 0 bridgehead atoms. The molecule has 0 saturated carbocycles. The minimum Gasteiger partial charge on any atom is -0.463 e. The zero-order valence-corrected chi connectivity index (χ0v) is 13.6. The van der Waals surface area contributed by atoms with Crippen LogP contribution in [0.4, 0.5) is 0 Å². The van der Waals surface area contributed by atoms with Gasteiger partial charge >= 0.3 is 0 Å². The van der Waals surface area contributed by atoms with E-state index in [1.807, 2.05) is 18.3 Å². The van der Waals surface area contributed by atoms with E-state index in [4.69, 9.17) is 4.42 Å². The Balaban J connectivity index is 1.53. The first-order valence-corrected chi connectivity index (χ1v) is 8.07. The summed E-state index contributed by atoms with van der Waals surface area (Å²) in [4.78, 5) is 7.06. The molecule has 0 fully saturated rings. The molecule has 1 aliphatic rings. The van der Waals surface area contributed by atoms with Gasteiger partial charge in [-0.25, -0.2) is 4.98 Å². The molecular weight excluding hydrogens is 286 g/mol. The molecule has 0 N–H and O–H groups in total. The van der Waals surface area contributed by atoms with Gasteiger partial charge in [0, 0.05) is 19.6 Å². The number of rotatable bonds is 3. The third-order valence-corrected chi connectivity index (χ3v) is 4.40. The summed E-state index contributed by atoms with van der Waals surface area (Å²) in [7, 11) is 0. The second-order valence-electron chi connectivity index (χ2n) is 6.40. The summed E-state index contributed by atoms with van der Waals surface area (Å²) in [5.74, 6) is 2.01. The Bertz CT molecular complexity index is 797.